The largest absolute Gasteiger partial charge is 0.378 e. The third-order valence-electron chi connectivity index (χ3n) is 3.74. The summed E-state index contributed by atoms with van der Waals surface area (Å²) in [5.41, 5.74) is 1.84. The predicted molar refractivity (Wildman–Crippen MR) is 81.2 cm³/mol. The molecular formula is C16H22N2O3. The molecule has 1 aromatic carbocycles. The van der Waals surface area contributed by atoms with Gasteiger partial charge in [-0.25, -0.2) is 0 Å². The van der Waals surface area contributed by atoms with Crippen molar-refractivity contribution in [3.63, 3.8) is 0 Å². The van der Waals surface area contributed by atoms with Gasteiger partial charge < -0.3 is 20.1 Å². The van der Waals surface area contributed by atoms with Crippen molar-refractivity contribution < 1.29 is 14.3 Å². The van der Waals surface area contributed by atoms with Crippen molar-refractivity contribution in [1.29, 1.82) is 0 Å². The molecule has 5 heteroatoms. The van der Waals surface area contributed by atoms with E-state index in [0.717, 1.165) is 24.2 Å². The summed E-state index contributed by atoms with van der Waals surface area (Å²) in [6.07, 6.45) is 2.03. The molecule has 2 fully saturated rings. The Labute approximate surface area is 125 Å². The lowest BCUT2D eigenvalue weighted by molar-refractivity contribution is -0.247. The molecule has 5 nitrogen and oxygen atoms in total. The van der Waals surface area contributed by atoms with Gasteiger partial charge in [0, 0.05) is 17.3 Å². The van der Waals surface area contributed by atoms with Gasteiger partial charge in [0.2, 0.25) is 5.91 Å². The summed E-state index contributed by atoms with van der Waals surface area (Å²) >= 11 is 0. The third-order valence-corrected chi connectivity index (χ3v) is 3.74. The molecule has 2 aliphatic rings. The topological polar surface area (TPSA) is 59.6 Å². The Morgan fingerprint density at radius 3 is 2.24 bits per heavy atom. The minimum Gasteiger partial charge on any atom is -0.378 e. The number of amides is 1. The predicted octanol–water partition coefficient (Wildman–Crippen LogP) is 2.60. The maximum absolute atomic E-state index is 11.7. The molecule has 1 saturated heterocycles. The Bertz CT molecular complexity index is 499. The number of anilines is 2. The zero-order chi connectivity index (χ0) is 14.9. The minimum absolute atomic E-state index is 0.132. The number of nitrogens with one attached hydrogen (secondary N) is 2. The zero-order valence-electron chi connectivity index (χ0n) is 12.5. The van der Waals surface area contributed by atoms with E-state index in [1.54, 1.807) is 0 Å². The van der Waals surface area contributed by atoms with Crippen LogP contribution in [0.4, 0.5) is 11.4 Å². The van der Waals surface area contributed by atoms with Crippen LogP contribution >= 0.6 is 0 Å². The van der Waals surface area contributed by atoms with Crippen molar-refractivity contribution >= 4 is 17.3 Å². The van der Waals surface area contributed by atoms with Crippen LogP contribution in [-0.4, -0.2) is 30.9 Å². The average Bonchev–Trinajstić information content (AvgIpc) is 3.28. The van der Waals surface area contributed by atoms with E-state index in [4.69, 9.17) is 9.47 Å². The molecule has 0 atom stereocenters. The highest BCUT2D eigenvalue weighted by Crippen LogP contribution is 2.30. The maximum Gasteiger partial charge on any atom is 0.227 e. The molecule has 1 saturated carbocycles. The number of hydrogen-bond donors (Lipinski definition) is 2. The quantitative estimate of drug-likeness (QED) is 0.895. The fourth-order valence-corrected chi connectivity index (χ4v) is 2.25. The monoisotopic (exact) mass is 290 g/mol. The van der Waals surface area contributed by atoms with Crippen molar-refractivity contribution in [1.82, 2.24) is 0 Å². The molecule has 2 N–H and O–H groups in total. The Balaban J connectivity index is 1.51. The fourth-order valence-electron chi connectivity index (χ4n) is 2.25. The first kappa shape index (κ1) is 14.4. The second-order valence-corrected chi connectivity index (χ2v) is 6.20. The summed E-state index contributed by atoms with van der Waals surface area (Å²) < 4.78 is 11.2. The molecule has 0 bridgehead atoms. The molecule has 0 unspecified atom stereocenters. The molecule has 1 heterocycles. The van der Waals surface area contributed by atoms with Crippen LogP contribution in [0.25, 0.3) is 0 Å². The zero-order valence-corrected chi connectivity index (χ0v) is 12.5. The first-order valence-electron chi connectivity index (χ1n) is 7.47. The number of benzene rings is 1. The van der Waals surface area contributed by atoms with E-state index in [2.05, 4.69) is 10.6 Å². The highest BCUT2D eigenvalue weighted by Gasteiger charge is 2.30. The fraction of sp³-hybridized carbons (Fsp3) is 0.562. The molecule has 1 aromatic rings. The van der Waals surface area contributed by atoms with Crippen LogP contribution in [0.1, 0.15) is 26.7 Å². The van der Waals surface area contributed by atoms with Crippen LogP contribution in [0.3, 0.4) is 0 Å². The SMILES string of the molecule is CC1(C)OCC(Nc2ccc(NC(=O)C3CC3)cc2)CO1. The summed E-state index contributed by atoms with van der Waals surface area (Å²) in [4.78, 5) is 11.7. The highest BCUT2D eigenvalue weighted by atomic mass is 16.7. The smallest absolute Gasteiger partial charge is 0.227 e. The summed E-state index contributed by atoms with van der Waals surface area (Å²) in [7, 11) is 0. The number of ether oxygens (including phenoxy) is 2. The van der Waals surface area contributed by atoms with Gasteiger partial charge in [-0.15, -0.1) is 0 Å². The van der Waals surface area contributed by atoms with Gasteiger partial charge in [0.15, 0.2) is 5.79 Å². The first-order valence-corrected chi connectivity index (χ1v) is 7.47. The highest BCUT2D eigenvalue weighted by molar-refractivity contribution is 5.94. The van der Waals surface area contributed by atoms with Crippen LogP contribution in [0, 0.1) is 5.92 Å². The summed E-state index contributed by atoms with van der Waals surface area (Å²) in [5, 5.41) is 6.30. The van der Waals surface area contributed by atoms with E-state index in [-0.39, 0.29) is 17.9 Å². The second kappa shape index (κ2) is 5.66. The molecule has 3 rings (SSSR count). The average molecular weight is 290 g/mol. The van der Waals surface area contributed by atoms with Crippen molar-refractivity contribution in [2.24, 2.45) is 5.92 Å². The molecule has 1 aliphatic carbocycles. The van der Waals surface area contributed by atoms with E-state index in [9.17, 15) is 4.79 Å². The van der Waals surface area contributed by atoms with Gasteiger partial charge >= 0.3 is 0 Å². The van der Waals surface area contributed by atoms with Gasteiger partial charge in [-0.2, -0.15) is 0 Å². The molecule has 114 valence electrons. The lowest BCUT2D eigenvalue weighted by atomic mass is 10.2. The van der Waals surface area contributed by atoms with Crippen LogP contribution in [0.2, 0.25) is 0 Å². The number of hydrogen-bond acceptors (Lipinski definition) is 4. The molecule has 1 aliphatic heterocycles. The standard InChI is InChI=1S/C16H22N2O3/c1-16(2)20-9-14(10-21-16)17-12-5-7-13(8-6-12)18-15(19)11-3-4-11/h5-8,11,14,17H,3-4,9-10H2,1-2H3,(H,18,19). The van der Waals surface area contributed by atoms with Crippen LogP contribution in [-0.2, 0) is 14.3 Å². The molecule has 0 spiro atoms. The van der Waals surface area contributed by atoms with Crippen LogP contribution < -0.4 is 10.6 Å². The van der Waals surface area contributed by atoms with E-state index in [1.165, 1.54) is 0 Å². The molecule has 21 heavy (non-hydrogen) atoms. The lowest BCUT2D eigenvalue weighted by Crippen LogP contribution is -2.45. The summed E-state index contributed by atoms with van der Waals surface area (Å²) in [5.74, 6) is -0.135. The molecular weight excluding hydrogens is 268 g/mol. The van der Waals surface area contributed by atoms with Gasteiger partial charge in [-0.1, -0.05) is 0 Å². The lowest BCUT2D eigenvalue weighted by Gasteiger charge is -2.35. The second-order valence-electron chi connectivity index (χ2n) is 6.20. The van der Waals surface area contributed by atoms with Crippen molar-refractivity contribution in [2.75, 3.05) is 23.8 Å². The van der Waals surface area contributed by atoms with E-state index in [0.29, 0.717) is 13.2 Å². The molecule has 1 amide bonds. The molecule has 0 radical (unpaired) electrons. The van der Waals surface area contributed by atoms with Crippen molar-refractivity contribution in [3.8, 4) is 0 Å². The van der Waals surface area contributed by atoms with Gasteiger partial charge in [-0.05, 0) is 51.0 Å². The summed E-state index contributed by atoms with van der Waals surface area (Å²) in [6, 6.07) is 7.89. The van der Waals surface area contributed by atoms with Crippen molar-refractivity contribution in [2.45, 2.75) is 38.5 Å². The Morgan fingerprint density at radius 1 is 1.10 bits per heavy atom. The Morgan fingerprint density at radius 2 is 1.67 bits per heavy atom. The van der Waals surface area contributed by atoms with Gasteiger partial charge in [0.1, 0.15) is 0 Å². The normalized spacial score (nSPS) is 21.8. The van der Waals surface area contributed by atoms with E-state index < -0.39 is 5.79 Å². The molecule has 0 aromatic heterocycles. The number of carbonyl (C=O) groups excluding carboxylic acids is 1. The van der Waals surface area contributed by atoms with Crippen molar-refractivity contribution in [3.05, 3.63) is 24.3 Å². The van der Waals surface area contributed by atoms with Gasteiger partial charge in [-0.3, -0.25) is 4.79 Å². The number of carbonyl (C=O) groups is 1. The first-order chi connectivity index (χ1) is 10.0. The Kier molecular flexibility index (Phi) is 3.87. The van der Waals surface area contributed by atoms with Gasteiger partial charge in [0.25, 0.3) is 0 Å². The van der Waals surface area contributed by atoms with Crippen LogP contribution in [0.5, 0.6) is 0 Å². The third kappa shape index (κ3) is 3.95. The van der Waals surface area contributed by atoms with Gasteiger partial charge in [0.05, 0.1) is 19.3 Å². The van der Waals surface area contributed by atoms with Crippen LogP contribution in [0.15, 0.2) is 24.3 Å². The van der Waals surface area contributed by atoms with E-state index >= 15 is 0 Å². The van der Waals surface area contributed by atoms with E-state index in [1.807, 2.05) is 38.1 Å². The maximum atomic E-state index is 11.7. The number of rotatable bonds is 4. The minimum atomic E-state index is -0.491. The summed E-state index contributed by atoms with van der Waals surface area (Å²) in [6.45, 7) is 5.07. The Hall–Kier alpha value is -1.59.